The Morgan fingerprint density at radius 2 is 2.06 bits per heavy atom. The molecule has 18 heavy (non-hydrogen) atoms. The first-order valence-electron chi connectivity index (χ1n) is 6.11. The van der Waals surface area contributed by atoms with E-state index in [1.165, 1.54) is 5.70 Å². The summed E-state index contributed by atoms with van der Waals surface area (Å²) in [5.41, 5.74) is 1.13. The third kappa shape index (κ3) is 4.26. The zero-order valence-electron chi connectivity index (χ0n) is 11.1. The third-order valence-electron chi connectivity index (χ3n) is 2.96. The van der Waals surface area contributed by atoms with Crippen molar-refractivity contribution in [1.82, 2.24) is 10.6 Å². The average molecular weight is 246 g/mol. The normalized spacial score (nSPS) is 24.4. The lowest BCUT2D eigenvalue weighted by Crippen LogP contribution is -2.39. The Hall–Kier alpha value is -1.74. The summed E-state index contributed by atoms with van der Waals surface area (Å²) in [6.07, 6.45) is 17.6. The topological polar surface area (TPSA) is 33.3 Å². The van der Waals surface area contributed by atoms with Crippen LogP contribution < -0.4 is 10.6 Å². The van der Waals surface area contributed by atoms with E-state index >= 15 is 0 Å². The molecule has 1 aliphatic heterocycles. The molecule has 2 N–H and O–H groups in total. The van der Waals surface area contributed by atoms with Gasteiger partial charge in [0.15, 0.2) is 0 Å². The number of ether oxygens (including phenoxy) is 1. The molecule has 1 atom stereocenters. The average Bonchev–Trinajstić information content (AvgIpc) is 2.50. The van der Waals surface area contributed by atoms with Crippen LogP contribution in [0.2, 0.25) is 0 Å². The van der Waals surface area contributed by atoms with Gasteiger partial charge in [0.05, 0.1) is 18.1 Å². The van der Waals surface area contributed by atoms with E-state index < -0.39 is 0 Å². The van der Waals surface area contributed by atoms with E-state index in [9.17, 15) is 0 Å². The maximum absolute atomic E-state index is 4.71. The summed E-state index contributed by atoms with van der Waals surface area (Å²) in [6.45, 7) is 3.81. The van der Waals surface area contributed by atoms with Crippen LogP contribution >= 0.6 is 0 Å². The summed E-state index contributed by atoms with van der Waals surface area (Å²) in [5, 5.41) is 6.34. The van der Waals surface area contributed by atoms with E-state index in [4.69, 9.17) is 4.74 Å². The minimum atomic E-state index is -0.0413. The van der Waals surface area contributed by atoms with Gasteiger partial charge in [-0.15, -0.1) is 6.58 Å². The highest BCUT2D eigenvalue weighted by atomic mass is 16.5. The molecule has 0 amide bonds. The van der Waals surface area contributed by atoms with Gasteiger partial charge in [0.1, 0.15) is 0 Å². The molecule has 0 radical (unpaired) electrons. The predicted molar refractivity (Wildman–Crippen MR) is 76.9 cm³/mol. The number of rotatable bonds is 3. The van der Waals surface area contributed by atoms with Gasteiger partial charge < -0.3 is 15.4 Å². The highest BCUT2D eigenvalue weighted by Crippen LogP contribution is 2.20. The number of nitrogens with one attached hydrogen (secondary N) is 2. The fourth-order valence-corrected chi connectivity index (χ4v) is 1.62. The largest absolute Gasteiger partial charge is 0.473 e. The highest BCUT2D eigenvalue weighted by Gasteiger charge is 2.21. The zero-order valence-corrected chi connectivity index (χ0v) is 11.1. The van der Waals surface area contributed by atoms with Crippen molar-refractivity contribution < 1.29 is 4.74 Å². The summed E-state index contributed by atoms with van der Waals surface area (Å²) in [6, 6.07) is 0. The molecule has 0 aromatic heterocycles. The van der Waals surface area contributed by atoms with Crippen LogP contribution in [0.5, 0.6) is 0 Å². The Morgan fingerprint density at radius 3 is 2.33 bits per heavy atom. The predicted octanol–water partition coefficient (Wildman–Crippen LogP) is 2.63. The summed E-state index contributed by atoms with van der Waals surface area (Å²) >= 11 is 0. The van der Waals surface area contributed by atoms with Gasteiger partial charge in [-0.05, 0) is 38.1 Å². The Labute approximate surface area is 110 Å². The van der Waals surface area contributed by atoms with Gasteiger partial charge in [-0.3, -0.25) is 0 Å². The van der Waals surface area contributed by atoms with Crippen molar-refractivity contribution in [3.63, 3.8) is 0 Å². The highest BCUT2D eigenvalue weighted by molar-refractivity contribution is 5.31. The molecule has 1 unspecified atom stereocenters. The summed E-state index contributed by atoms with van der Waals surface area (Å²) in [7, 11) is 3.88. The van der Waals surface area contributed by atoms with Gasteiger partial charge in [-0.1, -0.05) is 18.2 Å². The molecule has 1 aliphatic carbocycles. The Bertz CT molecular complexity index is 360. The Balaban J connectivity index is 0.000000225. The van der Waals surface area contributed by atoms with Crippen LogP contribution in [-0.4, -0.2) is 19.6 Å². The minimum absolute atomic E-state index is 0.0413. The van der Waals surface area contributed by atoms with Crippen molar-refractivity contribution in [2.24, 2.45) is 0 Å². The van der Waals surface area contributed by atoms with Crippen LogP contribution in [0.3, 0.4) is 0 Å². The van der Waals surface area contributed by atoms with Crippen LogP contribution in [0, 0.1) is 0 Å². The standard InChI is InChI=1S/C10H16N2.C5H6O/c1-4-10(12-3)7-5-9(11-2)6-8-10;1-2-4-6-5-3-1/h4-7,11-12H,1,8H2,2-3H3;2-5H,1H2. The molecular formula is C15H22N2O. The van der Waals surface area contributed by atoms with Crippen LogP contribution in [0.4, 0.5) is 0 Å². The second kappa shape index (κ2) is 7.56. The van der Waals surface area contributed by atoms with Gasteiger partial charge >= 0.3 is 0 Å². The minimum Gasteiger partial charge on any atom is -0.473 e. The summed E-state index contributed by atoms with van der Waals surface area (Å²) in [5.74, 6) is 0. The van der Waals surface area contributed by atoms with Crippen molar-refractivity contribution in [3.05, 3.63) is 61.3 Å². The molecule has 0 spiro atoms. The second-order valence-corrected chi connectivity index (χ2v) is 4.06. The molecule has 0 fully saturated rings. The number of likely N-dealkylation sites (N-methyl/N-ethyl adjacent to an activating group) is 2. The van der Waals surface area contributed by atoms with Gasteiger partial charge in [0, 0.05) is 12.7 Å². The number of hydrogen-bond donors (Lipinski definition) is 2. The zero-order chi connectivity index (χ0) is 13.3. The maximum Gasteiger partial charge on any atom is 0.0864 e. The number of allylic oxidation sites excluding steroid dienone is 3. The van der Waals surface area contributed by atoms with E-state index in [-0.39, 0.29) is 5.54 Å². The SMILES string of the molecule is C1=COC=CC1.C=CC1(NC)C=CC(NC)=CC1. The molecule has 3 heteroatoms. The van der Waals surface area contributed by atoms with Crippen molar-refractivity contribution >= 4 is 0 Å². The molecule has 1 heterocycles. The maximum atomic E-state index is 4.71. The molecule has 2 rings (SSSR count). The van der Waals surface area contributed by atoms with E-state index in [0.29, 0.717) is 0 Å². The van der Waals surface area contributed by atoms with Gasteiger partial charge in [0.2, 0.25) is 0 Å². The third-order valence-corrected chi connectivity index (χ3v) is 2.96. The van der Waals surface area contributed by atoms with Crippen molar-refractivity contribution in [1.29, 1.82) is 0 Å². The first kappa shape index (κ1) is 14.3. The molecule has 98 valence electrons. The van der Waals surface area contributed by atoms with Gasteiger partial charge in [-0.2, -0.15) is 0 Å². The van der Waals surface area contributed by atoms with Crippen molar-refractivity contribution in [2.75, 3.05) is 14.1 Å². The molecule has 2 aliphatic rings. The number of hydrogen-bond acceptors (Lipinski definition) is 3. The molecule has 3 nitrogen and oxygen atoms in total. The Kier molecular flexibility index (Phi) is 6.01. The molecule has 0 aromatic rings. The quantitative estimate of drug-likeness (QED) is 0.751. The summed E-state index contributed by atoms with van der Waals surface area (Å²) < 4.78 is 4.71. The van der Waals surface area contributed by atoms with Crippen LogP contribution in [0.1, 0.15) is 12.8 Å². The van der Waals surface area contributed by atoms with E-state index in [1.807, 2.05) is 32.3 Å². The molecule has 0 saturated heterocycles. The van der Waals surface area contributed by atoms with Crippen molar-refractivity contribution in [2.45, 2.75) is 18.4 Å². The van der Waals surface area contributed by atoms with Crippen LogP contribution in [0.25, 0.3) is 0 Å². The Morgan fingerprint density at radius 1 is 1.33 bits per heavy atom. The van der Waals surface area contributed by atoms with Gasteiger partial charge in [-0.25, -0.2) is 0 Å². The fourth-order valence-electron chi connectivity index (χ4n) is 1.62. The lowest BCUT2D eigenvalue weighted by molar-refractivity contribution is 0.393. The smallest absolute Gasteiger partial charge is 0.0864 e. The van der Waals surface area contributed by atoms with Crippen LogP contribution in [0.15, 0.2) is 61.3 Å². The molecular weight excluding hydrogens is 224 g/mol. The summed E-state index contributed by atoms with van der Waals surface area (Å²) in [4.78, 5) is 0. The molecule has 0 saturated carbocycles. The first-order valence-corrected chi connectivity index (χ1v) is 6.11. The second-order valence-electron chi connectivity index (χ2n) is 4.06. The van der Waals surface area contributed by atoms with E-state index in [0.717, 1.165) is 12.8 Å². The molecule has 0 bridgehead atoms. The fraction of sp³-hybridized carbons (Fsp3) is 0.333. The monoisotopic (exact) mass is 246 g/mol. The first-order chi connectivity index (χ1) is 8.76. The van der Waals surface area contributed by atoms with E-state index in [2.05, 4.69) is 35.4 Å². The van der Waals surface area contributed by atoms with Crippen LogP contribution in [-0.2, 0) is 4.74 Å². The van der Waals surface area contributed by atoms with Crippen molar-refractivity contribution in [3.8, 4) is 0 Å². The lowest BCUT2D eigenvalue weighted by Gasteiger charge is -2.28. The lowest BCUT2D eigenvalue weighted by atomic mass is 9.91. The van der Waals surface area contributed by atoms with E-state index in [1.54, 1.807) is 12.5 Å². The van der Waals surface area contributed by atoms with Gasteiger partial charge in [0.25, 0.3) is 0 Å². The molecule has 0 aromatic carbocycles.